The molecule has 3 atom stereocenters. The van der Waals surface area contributed by atoms with Gasteiger partial charge in [0.15, 0.2) is 0 Å². The zero-order valence-corrected chi connectivity index (χ0v) is 7.14. The second-order valence-electron chi connectivity index (χ2n) is 4.14. The van der Waals surface area contributed by atoms with E-state index in [0.29, 0.717) is 6.61 Å². The van der Waals surface area contributed by atoms with Crippen molar-refractivity contribution in [2.75, 3.05) is 13.7 Å². The molecule has 2 aliphatic carbocycles. The van der Waals surface area contributed by atoms with E-state index < -0.39 is 0 Å². The van der Waals surface area contributed by atoms with E-state index >= 15 is 0 Å². The van der Waals surface area contributed by atoms with Gasteiger partial charge >= 0.3 is 0 Å². The van der Waals surface area contributed by atoms with Crippen molar-refractivity contribution in [2.24, 2.45) is 11.8 Å². The van der Waals surface area contributed by atoms with E-state index in [1.165, 1.54) is 25.7 Å². The van der Waals surface area contributed by atoms with Gasteiger partial charge in [-0.05, 0) is 38.1 Å². The minimum atomic E-state index is 0.100. The predicted molar refractivity (Wildman–Crippen MR) is 44.3 cm³/mol. The van der Waals surface area contributed by atoms with Gasteiger partial charge in [-0.15, -0.1) is 0 Å². The van der Waals surface area contributed by atoms with Crippen LogP contribution in [0.1, 0.15) is 25.7 Å². The van der Waals surface area contributed by atoms with Crippen LogP contribution in [0, 0.1) is 11.8 Å². The number of nitrogens with one attached hydrogen (secondary N) is 1. The average molecular weight is 155 g/mol. The summed E-state index contributed by atoms with van der Waals surface area (Å²) in [6.45, 7) is 0.324. The Balaban J connectivity index is 2.14. The number of fused-ring (bicyclic) bond motifs is 2. The van der Waals surface area contributed by atoms with Crippen molar-refractivity contribution in [1.82, 2.24) is 5.32 Å². The van der Waals surface area contributed by atoms with Crippen molar-refractivity contribution >= 4 is 0 Å². The van der Waals surface area contributed by atoms with Gasteiger partial charge in [0, 0.05) is 5.54 Å². The van der Waals surface area contributed by atoms with Gasteiger partial charge in [0.1, 0.15) is 0 Å². The molecule has 0 amide bonds. The predicted octanol–water partition coefficient (Wildman–Crippen LogP) is 0.757. The average Bonchev–Trinajstić information content (AvgIpc) is 2.62. The highest BCUT2D eigenvalue weighted by atomic mass is 16.3. The Labute approximate surface area is 68.0 Å². The molecule has 2 nitrogen and oxygen atoms in total. The topological polar surface area (TPSA) is 32.3 Å². The molecule has 0 saturated heterocycles. The second kappa shape index (κ2) is 2.46. The highest BCUT2D eigenvalue weighted by Gasteiger charge is 2.49. The van der Waals surface area contributed by atoms with Gasteiger partial charge in [0.25, 0.3) is 0 Å². The summed E-state index contributed by atoms with van der Waals surface area (Å²) < 4.78 is 0. The molecule has 0 aromatic rings. The first-order chi connectivity index (χ1) is 5.30. The van der Waals surface area contributed by atoms with Crippen LogP contribution < -0.4 is 5.32 Å². The Bertz CT molecular complexity index is 154. The van der Waals surface area contributed by atoms with Crippen LogP contribution in [0.5, 0.6) is 0 Å². The highest BCUT2D eigenvalue weighted by Crippen LogP contribution is 2.50. The molecule has 2 bridgehead atoms. The third kappa shape index (κ3) is 0.926. The maximum Gasteiger partial charge on any atom is 0.0616 e. The molecule has 11 heavy (non-hydrogen) atoms. The largest absolute Gasteiger partial charge is 0.394 e. The smallest absolute Gasteiger partial charge is 0.0616 e. The fourth-order valence-electron chi connectivity index (χ4n) is 3.02. The Hall–Kier alpha value is -0.0800. The standard InChI is InChI=1S/C9H17NO/c1-10-9(6-11)5-7-2-3-8(9)4-7/h7-8,10-11H,2-6H2,1H3. The van der Waals surface area contributed by atoms with Crippen molar-refractivity contribution in [1.29, 1.82) is 0 Å². The number of aliphatic hydroxyl groups is 1. The van der Waals surface area contributed by atoms with Gasteiger partial charge in [-0.2, -0.15) is 0 Å². The second-order valence-corrected chi connectivity index (χ2v) is 4.14. The third-order valence-electron chi connectivity index (χ3n) is 3.76. The van der Waals surface area contributed by atoms with E-state index in [9.17, 15) is 5.11 Å². The first-order valence-electron chi connectivity index (χ1n) is 4.60. The highest BCUT2D eigenvalue weighted by molar-refractivity contribution is 5.05. The van der Waals surface area contributed by atoms with Crippen molar-refractivity contribution in [3.05, 3.63) is 0 Å². The normalized spacial score (nSPS) is 48.5. The summed E-state index contributed by atoms with van der Waals surface area (Å²) in [7, 11) is 1.98. The van der Waals surface area contributed by atoms with Crippen LogP contribution in [0.15, 0.2) is 0 Å². The minimum Gasteiger partial charge on any atom is -0.394 e. The van der Waals surface area contributed by atoms with Gasteiger partial charge in [-0.1, -0.05) is 6.42 Å². The fraction of sp³-hybridized carbons (Fsp3) is 1.00. The first-order valence-corrected chi connectivity index (χ1v) is 4.60. The third-order valence-corrected chi connectivity index (χ3v) is 3.76. The molecule has 2 fully saturated rings. The van der Waals surface area contributed by atoms with Crippen molar-refractivity contribution < 1.29 is 5.11 Å². The molecule has 2 rings (SSSR count). The van der Waals surface area contributed by atoms with Gasteiger partial charge in [-0.25, -0.2) is 0 Å². The van der Waals surface area contributed by atoms with Crippen LogP contribution in [-0.4, -0.2) is 24.3 Å². The van der Waals surface area contributed by atoms with E-state index in [1.807, 2.05) is 7.05 Å². The van der Waals surface area contributed by atoms with Crippen LogP contribution in [0.2, 0.25) is 0 Å². The Morgan fingerprint density at radius 2 is 2.36 bits per heavy atom. The molecule has 3 unspecified atom stereocenters. The quantitative estimate of drug-likeness (QED) is 0.617. The van der Waals surface area contributed by atoms with Crippen molar-refractivity contribution in [3.8, 4) is 0 Å². The summed E-state index contributed by atoms with van der Waals surface area (Å²) in [6.07, 6.45) is 5.27. The van der Waals surface area contributed by atoms with E-state index in [2.05, 4.69) is 5.32 Å². The minimum absolute atomic E-state index is 0.100. The number of rotatable bonds is 2. The molecule has 0 spiro atoms. The molecule has 0 radical (unpaired) electrons. The van der Waals surface area contributed by atoms with E-state index in [-0.39, 0.29) is 5.54 Å². The first kappa shape index (κ1) is 7.56. The molecule has 0 aliphatic heterocycles. The lowest BCUT2D eigenvalue weighted by molar-refractivity contribution is 0.114. The number of aliphatic hydroxyl groups excluding tert-OH is 1. The molecule has 2 aliphatic rings. The van der Waals surface area contributed by atoms with Crippen LogP contribution >= 0.6 is 0 Å². The lowest BCUT2D eigenvalue weighted by atomic mass is 9.82. The number of hydrogen-bond donors (Lipinski definition) is 2. The number of likely N-dealkylation sites (N-methyl/N-ethyl adjacent to an activating group) is 1. The van der Waals surface area contributed by atoms with Crippen LogP contribution in [0.25, 0.3) is 0 Å². The van der Waals surface area contributed by atoms with Crippen LogP contribution in [-0.2, 0) is 0 Å². The Morgan fingerprint density at radius 1 is 1.55 bits per heavy atom. The molecule has 0 aromatic heterocycles. The molecule has 2 N–H and O–H groups in total. The molecule has 2 heteroatoms. The van der Waals surface area contributed by atoms with Gasteiger partial charge in [-0.3, -0.25) is 0 Å². The monoisotopic (exact) mass is 155 g/mol. The molecule has 0 heterocycles. The van der Waals surface area contributed by atoms with Crippen molar-refractivity contribution in [2.45, 2.75) is 31.2 Å². The maximum atomic E-state index is 9.28. The van der Waals surface area contributed by atoms with Crippen molar-refractivity contribution in [3.63, 3.8) is 0 Å². The van der Waals surface area contributed by atoms with Gasteiger partial charge in [0.05, 0.1) is 6.61 Å². The molecule has 64 valence electrons. The molecule has 0 aromatic carbocycles. The zero-order valence-electron chi connectivity index (χ0n) is 7.14. The van der Waals surface area contributed by atoms with Crippen LogP contribution in [0.3, 0.4) is 0 Å². The summed E-state index contributed by atoms with van der Waals surface area (Å²) in [6, 6.07) is 0. The van der Waals surface area contributed by atoms with Gasteiger partial charge in [0.2, 0.25) is 0 Å². The van der Waals surface area contributed by atoms with E-state index in [4.69, 9.17) is 0 Å². The zero-order chi connectivity index (χ0) is 7.90. The molecular formula is C9H17NO. The molecule has 2 saturated carbocycles. The summed E-state index contributed by atoms with van der Waals surface area (Å²) in [5, 5.41) is 12.6. The van der Waals surface area contributed by atoms with E-state index in [1.54, 1.807) is 0 Å². The number of hydrogen-bond acceptors (Lipinski definition) is 2. The Kier molecular flexibility index (Phi) is 1.69. The fourth-order valence-corrected chi connectivity index (χ4v) is 3.02. The summed E-state index contributed by atoms with van der Waals surface area (Å²) >= 11 is 0. The lowest BCUT2D eigenvalue weighted by Gasteiger charge is -2.35. The Morgan fingerprint density at radius 3 is 2.64 bits per heavy atom. The summed E-state index contributed by atoms with van der Waals surface area (Å²) in [4.78, 5) is 0. The van der Waals surface area contributed by atoms with Crippen LogP contribution in [0.4, 0.5) is 0 Å². The van der Waals surface area contributed by atoms with E-state index in [0.717, 1.165) is 11.8 Å². The maximum absolute atomic E-state index is 9.28. The van der Waals surface area contributed by atoms with Gasteiger partial charge < -0.3 is 10.4 Å². The lowest BCUT2D eigenvalue weighted by Crippen LogP contribution is -2.50. The summed E-state index contributed by atoms with van der Waals surface area (Å²) in [5.74, 6) is 1.65. The summed E-state index contributed by atoms with van der Waals surface area (Å²) in [5.41, 5.74) is 0.100. The SMILES string of the molecule is CNC1(CO)CC2CCC1C2. The molecular weight excluding hydrogens is 138 g/mol.